The molecule has 1 unspecified atom stereocenters. The first-order valence-corrected chi connectivity index (χ1v) is 9.17. The van der Waals surface area contributed by atoms with E-state index in [1.54, 1.807) is 0 Å². The average molecular weight is 358 g/mol. The largest absolute Gasteiger partial charge is 0.339 e. The summed E-state index contributed by atoms with van der Waals surface area (Å²) in [7, 11) is 0. The Bertz CT molecular complexity index is 841. The first-order chi connectivity index (χ1) is 12.6. The van der Waals surface area contributed by atoms with Crippen molar-refractivity contribution in [2.75, 3.05) is 26.3 Å². The second-order valence-corrected chi connectivity index (χ2v) is 7.27. The number of carbonyl (C=O) groups excluding carboxylic acids is 2. The van der Waals surface area contributed by atoms with Crippen LogP contribution in [-0.2, 0) is 4.79 Å². The highest BCUT2D eigenvalue weighted by atomic mass is 19.1. The minimum Gasteiger partial charge on any atom is -0.339 e. The van der Waals surface area contributed by atoms with E-state index in [4.69, 9.17) is 0 Å². The summed E-state index contributed by atoms with van der Waals surface area (Å²) in [6.07, 6.45) is 3.66. The number of halogens is 1. The number of aromatic nitrogens is 2. The molecule has 2 aliphatic heterocycles. The van der Waals surface area contributed by atoms with Crippen LogP contribution in [0.25, 0.3) is 5.65 Å². The summed E-state index contributed by atoms with van der Waals surface area (Å²) in [5, 5.41) is 0. The van der Waals surface area contributed by atoms with E-state index in [2.05, 4.69) is 4.98 Å². The van der Waals surface area contributed by atoms with Crippen molar-refractivity contribution >= 4 is 17.5 Å². The van der Waals surface area contributed by atoms with Crippen molar-refractivity contribution in [1.82, 2.24) is 19.2 Å². The fourth-order valence-corrected chi connectivity index (χ4v) is 4.17. The number of likely N-dealkylation sites (tertiary alicyclic amines) is 2. The molecule has 7 heteroatoms. The zero-order valence-corrected chi connectivity index (χ0v) is 14.9. The molecule has 2 saturated heterocycles. The Kier molecular flexibility index (Phi) is 4.38. The smallest absolute Gasteiger partial charge is 0.272 e. The van der Waals surface area contributed by atoms with Gasteiger partial charge in [0.05, 0.1) is 12.4 Å². The van der Waals surface area contributed by atoms with Gasteiger partial charge in [0.2, 0.25) is 5.91 Å². The monoisotopic (exact) mass is 358 g/mol. The van der Waals surface area contributed by atoms with Gasteiger partial charge in [0.15, 0.2) is 0 Å². The lowest BCUT2D eigenvalue weighted by Crippen LogP contribution is -2.47. The average Bonchev–Trinajstić information content (AvgIpc) is 3.20. The van der Waals surface area contributed by atoms with Crippen LogP contribution in [0.2, 0.25) is 0 Å². The Morgan fingerprint density at radius 2 is 2.08 bits per heavy atom. The third kappa shape index (κ3) is 2.85. The maximum Gasteiger partial charge on any atom is 0.272 e. The van der Waals surface area contributed by atoms with E-state index >= 15 is 0 Å². The van der Waals surface area contributed by atoms with Gasteiger partial charge in [-0.2, -0.15) is 0 Å². The number of rotatable bonds is 3. The quantitative estimate of drug-likeness (QED) is 0.844. The predicted octanol–water partition coefficient (Wildman–Crippen LogP) is 2.07. The van der Waals surface area contributed by atoms with Crippen LogP contribution in [-0.4, -0.2) is 63.3 Å². The van der Waals surface area contributed by atoms with Gasteiger partial charge in [-0.05, 0) is 31.9 Å². The number of piperidine rings is 1. The van der Waals surface area contributed by atoms with Crippen LogP contribution in [0.4, 0.5) is 4.39 Å². The number of fused-ring (bicyclic) bond motifs is 1. The van der Waals surface area contributed by atoms with Crippen LogP contribution in [0.5, 0.6) is 0 Å². The zero-order chi connectivity index (χ0) is 18.3. The van der Waals surface area contributed by atoms with E-state index in [1.165, 1.54) is 0 Å². The lowest BCUT2D eigenvalue weighted by atomic mass is 10.0. The van der Waals surface area contributed by atoms with E-state index in [1.807, 2.05) is 45.5 Å². The molecule has 0 aliphatic carbocycles. The molecule has 2 fully saturated rings. The van der Waals surface area contributed by atoms with Gasteiger partial charge in [-0.1, -0.05) is 6.07 Å². The second kappa shape index (κ2) is 6.70. The summed E-state index contributed by atoms with van der Waals surface area (Å²) in [6.45, 7) is 3.14. The van der Waals surface area contributed by atoms with Crippen LogP contribution >= 0.6 is 0 Å². The highest BCUT2D eigenvalue weighted by molar-refractivity contribution is 5.94. The van der Waals surface area contributed by atoms with Crippen molar-refractivity contribution in [2.45, 2.75) is 32.2 Å². The second-order valence-electron chi connectivity index (χ2n) is 7.27. The molecular weight excluding hydrogens is 335 g/mol. The van der Waals surface area contributed by atoms with Gasteiger partial charge in [-0.25, -0.2) is 4.98 Å². The highest BCUT2D eigenvalue weighted by Gasteiger charge is 2.36. The number of alkyl halides is 1. The number of hydrogen-bond donors (Lipinski definition) is 0. The zero-order valence-electron chi connectivity index (χ0n) is 14.9. The van der Waals surface area contributed by atoms with Crippen LogP contribution in [0.1, 0.15) is 35.4 Å². The molecule has 2 aromatic heterocycles. The summed E-state index contributed by atoms with van der Waals surface area (Å²) in [5.74, 6) is -0.132. The Labute approximate surface area is 151 Å². The topological polar surface area (TPSA) is 57.9 Å². The van der Waals surface area contributed by atoms with Gasteiger partial charge in [0.1, 0.15) is 11.3 Å². The highest BCUT2D eigenvalue weighted by Crippen LogP contribution is 2.26. The summed E-state index contributed by atoms with van der Waals surface area (Å²) >= 11 is 0. The van der Waals surface area contributed by atoms with E-state index < -0.39 is 6.67 Å². The Balaban J connectivity index is 1.45. The first-order valence-electron chi connectivity index (χ1n) is 9.17. The van der Waals surface area contributed by atoms with Crippen molar-refractivity contribution in [1.29, 1.82) is 0 Å². The van der Waals surface area contributed by atoms with Crippen molar-refractivity contribution in [2.24, 2.45) is 5.92 Å². The van der Waals surface area contributed by atoms with Crippen molar-refractivity contribution in [3.8, 4) is 0 Å². The number of amides is 2. The third-order valence-corrected chi connectivity index (χ3v) is 5.56. The molecule has 0 saturated carbocycles. The molecule has 4 heterocycles. The molecule has 0 bridgehead atoms. The normalized spacial score (nSPS) is 21.8. The van der Waals surface area contributed by atoms with E-state index in [-0.39, 0.29) is 23.8 Å². The maximum absolute atomic E-state index is 13.0. The van der Waals surface area contributed by atoms with Crippen LogP contribution in [0, 0.1) is 12.8 Å². The van der Waals surface area contributed by atoms with Gasteiger partial charge in [-0.3, -0.25) is 18.4 Å². The van der Waals surface area contributed by atoms with E-state index in [0.717, 1.165) is 24.2 Å². The van der Waals surface area contributed by atoms with Crippen LogP contribution < -0.4 is 0 Å². The summed E-state index contributed by atoms with van der Waals surface area (Å²) in [6, 6.07) is 5.79. The van der Waals surface area contributed by atoms with Gasteiger partial charge in [-0.15, -0.1) is 0 Å². The van der Waals surface area contributed by atoms with E-state index in [9.17, 15) is 14.0 Å². The Morgan fingerprint density at radius 1 is 1.31 bits per heavy atom. The minimum atomic E-state index is -0.437. The molecule has 2 amide bonds. The van der Waals surface area contributed by atoms with Crippen LogP contribution in [0.3, 0.4) is 0 Å². The maximum atomic E-state index is 13.0. The fraction of sp³-hybridized carbons (Fsp3) is 0.526. The third-order valence-electron chi connectivity index (χ3n) is 5.56. The van der Waals surface area contributed by atoms with Gasteiger partial charge >= 0.3 is 0 Å². The fourth-order valence-electron chi connectivity index (χ4n) is 4.17. The molecule has 6 nitrogen and oxygen atoms in total. The number of imidazole rings is 1. The molecule has 0 radical (unpaired) electrons. The number of pyridine rings is 1. The number of nitrogens with zero attached hydrogens (tertiary/aromatic N) is 4. The van der Waals surface area contributed by atoms with Crippen molar-refractivity contribution in [3.63, 3.8) is 0 Å². The molecule has 0 spiro atoms. The standard InChI is InChI=1S/C19H23FN4O2/c1-13-18(23-7-3-2-4-16(23)21-13)19(26)22-8-5-15(6-9-22)24-12-14(11-20)10-17(24)25/h2-4,7,14-15H,5-6,8-12H2,1H3. The number of aryl methyl sites for hydroxylation is 1. The lowest BCUT2D eigenvalue weighted by molar-refractivity contribution is -0.130. The molecule has 2 aliphatic rings. The molecule has 0 N–H and O–H groups in total. The van der Waals surface area contributed by atoms with Crippen molar-refractivity contribution < 1.29 is 14.0 Å². The Morgan fingerprint density at radius 3 is 2.77 bits per heavy atom. The Hall–Kier alpha value is -2.44. The molecule has 4 rings (SSSR count). The number of carbonyl (C=O) groups is 2. The van der Waals surface area contributed by atoms with E-state index in [0.29, 0.717) is 31.7 Å². The lowest BCUT2D eigenvalue weighted by Gasteiger charge is -2.36. The first kappa shape index (κ1) is 17.0. The van der Waals surface area contributed by atoms with Gasteiger partial charge in [0, 0.05) is 44.2 Å². The minimum absolute atomic E-state index is 0.0194. The summed E-state index contributed by atoms with van der Waals surface area (Å²) < 4.78 is 14.7. The molecule has 2 aromatic rings. The summed E-state index contributed by atoms with van der Waals surface area (Å²) in [4.78, 5) is 33.3. The predicted molar refractivity (Wildman–Crippen MR) is 94.6 cm³/mol. The van der Waals surface area contributed by atoms with Gasteiger partial charge in [0.25, 0.3) is 5.91 Å². The number of hydrogen-bond acceptors (Lipinski definition) is 3. The summed E-state index contributed by atoms with van der Waals surface area (Å²) in [5.41, 5.74) is 2.10. The molecular formula is C19H23FN4O2. The molecule has 138 valence electrons. The molecule has 0 aromatic carbocycles. The van der Waals surface area contributed by atoms with Crippen molar-refractivity contribution in [3.05, 3.63) is 35.8 Å². The molecule has 26 heavy (non-hydrogen) atoms. The molecule has 1 atom stereocenters. The SMILES string of the molecule is Cc1nc2ccccn2c1C(=O)N1CCC(N2CC(CF)CC2=O)CC1. The van der Waals surface area contributed by atoms with Gasteiger partial charge < -0.3 is 9.80 Å². The van der Waals surface area contributed by atoms with Crippen LogP contribution in [0.15, 0.2) is 24.4 Å².